The standard InChI is InChI=1S/C9H15NO.ClH/c1-10-6-5-9(7-10)4-2-3-8(9)11;/h2-7H2,1H3;1H. The van der Waals surface area contributed by atoms with Crippen LogP contribution in [0.2, 0.25) is 0 Å². The molecular formula is C9H16ClNO. The maximum atomic E-state index is 11.5. The fourth-order valence-corrected chi connectivity index (χ4v) is 2.50. The van der Waals surface area contributed by atoms with E-state index in [4.69, 9.17) is 0 Å². The Morgan fingerprint density at radius 1 is 1.42 bits per heavy atom. The van der Waals surface area contributed by atoms with Crippen LogP contribution in [-0.2, 0) is 4.79 Å². The zero-order chi connectivity index (χ0) is 7.90. The maximum Gasteiger partial charge on any atom is 0.140 e. The largest absolute Gasteiger partial charge is 0.305 e. The van der Waals surface area contributed by atoms with Crippen molar-refractivity contribution in [2.24, 2.45) is 5.41 Å². The number of hydrogen-bond acceptors (Lipinski definition) is 2. The number of carbonyl (C=O) groups excluding carboxylic acids is 1. The fourth-order valence-electron chi connectivity index (χ4n) is 2.50. The van der Waals surface area contributed by atoms with Gasteiger partial charge in [0.2, 0.25) is 0 Å². The minimum absolute atomic E-state index is 0. The highest BCUT2D eigenvalue weighted by Crippen LogP contribution is 2.41. The molecular weight excluding hydrogens is 174 g/mol. The molecule has 0 N–H and O–H groups in total. The molecule has 1 atom stereocenters. The predicted molar refractivity (Wildman–Crippen MR) is 50.7 cm³/mol. The smallest absolute Gasteiger partial charge is 0.140 e. The van der Waals surface area contributed by atoms with Crippen molar-refractivity contribution in [1.82, 2.24) is 4.90 Å². The molecule has 1 spiro atoms. The Morgan fingerprint density at radius 3 is 2.58 bits per heavy atom. The quantitative estimate of drug-likeness (QED) is 0.576. The average molecular weight is 190 g/mol. The summed E-state index contributed by atoms with van der Waals surface area (Å²) in [5, 5.41) is 0. The van der Waals surface area contributed by atoms with Gasteiger partial charge in [-0.15, -0.1) is 12.4 Å². The van der Waals surface area contributed by atoms with Crippen molar-refractivity contribution in [2.75, 3.05) is 20.1 Å². The van der Waals surface area contributed by atoms with Gasteiger partial charge in [-0.1, -0.05) is 0 Å². The third kappa shape index (κ3) is 1.38. The number of likely N-dealkylation sites (tertiary alicyclic amines) is 1. The van der Waals surface area contributed by atoms with Crippen molar-refractivity contribution in [3.05, 3.63) is 0 Å². The Bertz CT molecular complexity index is 195. The highest BCUT2D eigenvalue weighted by Gasteiger charge is 2.45. The van der Waals surface area contributed by atoms with Crippen LogP contribution in [0.4, 0.5) is 0 Å². The van der Waals surface area contributed by atoms with E-state index in [2.05, 4.69) is 11.9 Å². The van der Waals surface area contributed by atoms with Gasteiger partial charge in [-0.05, 0) is 32.9 Å². The highest BCUT2D eigenvalue weighted by atomic mass is 35.5. The van der Waals surface area contributed by atoms with Gasteiger partial charge in [-0.2, -0.15) is 0 Å². The van der Waals surface area contributed by atoms with Crippen LogP contribution >= 0.6 is 12.4 Å². The Morgan fingerprint density at radius 2 is 2.17 bits per heavy atom. The Kier molecular flexibility index (Phi) is 2.79. The lowest BCUT2D eigenvalue weighted by Crippen LogP contribution is -2.28. The molecule has 0 aromatic carbocycles. The molecule has 1 saturated heterocycles. The second-order valence-electron chi connectivity index (χ2n) is 4.04. The molecule has 2 nitrogen and oxygen atoms in total. The van der Waals surface area contributed by atoms with E-state index < -0.39 is 0 Å². The van der Waals surface area contributed by atoms with Crippen molar-refractivity contribution >= 4 is 18.2 Å². The molecule has 2 fully saturated rings. The van der Waals surface area contributed by atoms with Crippen molar-refractivity contribution in [3.8, 4) is 0 Å². The van der Waals surface area contributed by atoms with Gasteiger partial charge in [0, 0.05) is 18.4 Å². The molecule has 2 rings (SSSR count). The molecule has 1 heterocycles. The van der Waals surface area contributed by atoms with E-state index >= 15 is 0 Å². The molecule has 70 valence electrons. The molecule has 0 aromatic rings. The molecule has 0 aromatic heterocycles. The fraction of sp³-hybridized carbons (Fsp3) is 0.889. The third-order valence-corrected chi connectivity index (χ3v) is 3.20. The number of carbonyl (C=O) groups is 1. The minimum atomic E-state index is 0. The van der Waals surface area contributed by atoms with Gasteiger partial charge < -0.3 is 4.90 Å². The molecule has 0 amide bonds. The van der Waals surface area contributed by atoms with E-state index in [9.17, 15) is 4.79 Å². The summed E-state index contributed by atoms with van der Waals surface area (Å²) in [6.45, 7) is 2.14. The molecule has 0 radical (unpaired) electrons. The van der Waals surface area contributed by atoms with Crippen LogP contribution in [0.15, 0.2) is 0 Å². The monoisotopic (exact) mass is 189 g/mol. The second kappa shape index (κ2) is 3.35. The molecule has 3 heteroatoms. The Balaban J connectivity index is 0.000000720. The summed E-state index contributed by atoms with van der Waals surface area (Å²) in [6.07, 6.45) is 4.24. The summed E-state index contributed by atoms with van der Waals surface area (Å²) in [5.74, 6) is 0.529. The summed E-state index contributed by atoms with van der Waals surface area (Å²) in [6, 6.07) is 0. The van der Waals surface area contributed by atoms with E-state index in [1.165, 1.54) is 0 Å². The lowest BCUT2D eigenvalue weighted by Gasteiger charge is -2.19. The molecule has 1 aliphatic heterocycles. The summed E-state index contributed by atoms with van der Waals surface area (Å²) in [4.78, 5) is 13.8. The first-order valence-corrected chi connectivity index (χ1v) is 4.45. The van der Waals surface area contributed by atoms with Gasteiger partial charge in [0.05, 0.1) is 0 Å². The van der Waals surface area contributed by atoms with E-state index in [1.54, 1.807) is 0 Å². The number of rotatable bonds is 0. The summed E-state index contributed by atoms with van der Waals surface area (Å²) in [7, 11) is 2.11. The number of hydrogen-bond donors (Lipinski definition) is 0. The van der Waals surface area contributed by atoms with E-state index in [1.807, 2.05) is 0 Å². The lowest BCUT2D eigenvalue weighted by molar-refractivity contribution is -0.125. The van der Waals surface area contributed by atoms with Gasteiger partial charge in [0.1, 0.15) is 5.78 Å². The van der Waals surface area contributed by atoms with Gasteiger partial charge in [0.25, 0.3) is 0 Å². The molecule has 2 aliphatic rings. The lowest BCUT2D eigenvalue weighted by atomic mass is 9.85. The van der Waals surface area contributed by atoms with E-state index in [-0.39, 0.29) is 17.8 Å². The van der Waals surface area contributed by atoms with Crippen LogP contribution in [0.25, 0.3) is 0 Å². The van der Waals surface area contributed by atoms with Crippen LogP contribution < -0.4 is 0 Å². The van der Waals surface area contributed by atoms with Crippen LogP contribution in [-0.4, -0.2) is 30.8 Å². The zero-order valence-electron chi connectivity index (χ0n) is 7.51. The first-order chi connectivity index (χ1) is 5.23. The van der Waals surface area contributed by atoms with E-state index in [0.29, 0.717) is 5.78 Å². The molecule has 1 aliphatic carbocycles. The summed E-state index contributed by atoms with van der Waals surface area (Å²) >= 11 is 0. The van der Waals surface area contributed by atoms with Crippen molar-refractivity contribution < 1.29 is 4.79 Å². The van der Waals surface area contributed by atoms with Crippen molar-refractivity contribution in [3.63, 3.8) is 0 Å². The second-order valence-corrected chi connectivity index (χ2v) is 4.04. The van der Waals surface area contributed by atoms with Gasteiger partial charge in [-0.3, -0.25) is 4.79 Å². The number of halogens is 1. The third-order valence-electron chi connectivity index (χ3n) is 3.20. The maximum absolute atomic E-state index is 11.5. The van der Waals surface area contributed by atoms with Gasteiger partial charge in [-0.25, -0.2) is 0 Å². The number of nitrogens with zero attached hydrogens (tertiary/aromatic N) is 1. The summed E-state index contributed by atoms with van der Waals surface area (Å²) in [5.41, 5.74) is 0.106. The van der Waals surface area contributed by atoms with Crippen molar-refractivity contribution in [1.29, 1.82) is 0 Å². The zero-order valence-corrected chi connectivity index (χ0v) is 8.32. The van der Waals surface area contributed by atoms with Crippen LogP contribution in [0, 0.1) is 5.41 Å². The molecule has 0 bridgehead atoms. The van der Waals surface area contributed by atoms with Crippen molar-refractivity contribution in [2.45, 2.75) is 25.7 Å². The topological polar surface area (TPSA) is 20.3 Å². The van der Waals surface area contributed by atoms with Crippen LogP contribution in [0.1, 0.15) is 25.7 Å². The Labute approximate surface area is 79.7 Å². The Hall–Kier alpha value is -0.0800. The van der Waals surface area contributed by atoms with Crippen LogP contribution in [0.5, 0.6) is 0 Å². The van der Waals surface area contributed by atoms with E-state index in [0.717, 1.165) is 38.8 Å². The van der Waals surface area contributed by atoms with Gasteiger partial charge >= 0.3 is 0 Å². The average Bonchev–Trinajstić information content (AvgIpc) is 2.46. The summed E-state index contributed by atoms with van der Waals surface area (Å²) < 4.78 is 0. The highest BCUT2D eigenvalue weighted by molar-refractivity contribution is 5.87. The number of Topliss-reactive ketones (excluding diaryl/α,β-unsaturated/α-hetero) is 1. The minimum Gasteiger partial charge on any atom is -0.305 e. The molecule has 1 saturated carbocycles. The normalized spacial score (nSPS) is 35.9. The first-order valence-electron chi connectivity index (χ1n) is 4.45. The van der Waals surface area contributed by atoms with Gasteiger partial charge in [0.15, 0.2) is 0 Å². The predicted octanol–water partition coefficient (Wildman–Crippen LogP) is 1.48. The molecule has 1 unspecified atom stereocenters. The SMILES string of the molecule is CN1CCC2(CCCC2=O)C1.Cl. The van der Waals surface area contributed by atoms with Crippen LogP contribution in [0.3, 0.4) is 0 Å². The number of ketones is 1. The molecule has 12 heavy (non-hydrogen) atoms. The first kappa shape index (κ1) is 10.0.